The molecule has 0 radical (unpaired) electrons. The Balaban J connectivity index is 1.41. The first-order valence-corrected chi connectivity index (χ1v) is 11.8. The second-order valence-corrected chi connectivity index (χ2v) is 9.27. The van der Waals surface area contributed by atoms with Gasteiger partial charge in [-0.25, -0.2) is 13.6 Å². The number of benzene rings is 1. The van der Waals surface area contributed by atoms with E-state index in [2.05, 4.69) is 5.32 Å². The molecular weight excluding hydrogens is 432 g/mol. The number of urea groups is 1. The maximum absolute atomic E-state index is 13.9. The molecule has 0 spiro atoms. The van der Waals surface area contributed by atoms with Crippen molar-refractivity contribution in [3.63, 3.8) is 0 Å². The van der Waals surface area contributed by atoms with E-state index < -0.39 is 17.2 Å². The summed E-state index contributed by atoms with van der Waals surface area (Å²) in [5, 5.41) is 3.00. The molecule has 0 aliphatic carbocycles. The van der Waals surface area contributed by atoms with Gasteiger partial charge in [0.15, 0.2) is 0 Å². The third-order valence-corrected chi connectivity index (χ3v) is 7.15. The molecule has 1 aromatic carbocycles. The third kappa shape index (κ3) is 4.74. The first kappa shape index (κ1) is 23.6. The average molecular weight is 464 g/mol. The van der Waals surface area contributed by atoms with E-state index in [1.807, 2.05) is 6.92 Å². The Morgan fingerprint density at radius 1 is 1.21 bits per heavy atom. The highest BCUT2D eigenvalue weighted by atomic mass is 19.1. The van der Waals surface area contributed by atoms with Crippen LogP contribution in [0.1, 0.15) is 51.0 Å². The van der Waals surface area contributed by atoms with Crippen molar-refractivity contribution in [3.8, 4) is 0 Å². The number of piperidine rings is 1. The number of likely N-dealkylation sites (tertiary alicyclic amines) is 1. The molecule has 3 fully saturated rings. The zero-order valence-electron chi connectivity index (χ0n) is 18.9. The normalized spacial score (nSPS) is 26.2. The Hall–Kier alpha value is -2.55. The molecule has 180 valence electrons. The van der Waals surface area contributed by atoms with Gasteiger partial charge in [0.1, 0.15) is 17.2 Å². The van der Waals surface area contributed by atoms with Crippen molar-refractivity contribution in [1.29, 1.82) is 0 Å². The van der Waals surface area contributed by atoms with Gasteiger partial charge in [0.2, 0.25) is 5.91 Å². The molecule has 1 aromatic rings. The number of hydrogen-bond donors (Lipinski definition) is 1. The van der Waals surface area contributed by atoms with E-state index in [9.17, 15) is 23.2 Å². The van der Waals surface area contributed by atoms with E-state index in [0.29, 0.717) is 39.0 Å². The smallest absolute Gasteiger partial charge is 0.325 e. The van der Waals surface area contributed by atoms with Crippen LogP contribution in [0.4, 0.5) is 13.6 Å². The molecule has 7 nitrogen and oxygen atoms in total. The summed E-state index contributed by atoms with van der Waals surface area (Å²) in [6.07, 6.45) is 3.82. The minimum atomic E-state index is -0.964. The van der Waals surface area contributed by atoms with E-state index in [4.69, 9.17) is 4.74 Å². The molecule has 0 unspecified atom stereocenters. The fourth-order valence-corrected chi connectivity index (χ4v) is 5.42. The Morgan fingerprint density at radius 2 is 1.97 bits per heavy atom. The van der Waals surface area contributed by atoms with Crippen LogP contribution in [0.5, 0.6) is 0 Å². The highest BCUT2D eigenvalue weighted by molar-refractivity contribution is 6.07. The zero-order chi connectivity index (χ0) is 23.6. The van der Waals surface area contributed by atoms with Gasteiger partial charge in [-0.05, 0) is 56.2 Å². The Morgan fingerprint density at radius 3 is 2.64 bits per heavy atom. The van der Waals surface area contributed by atoms with E-state index in [-0.39, 0.29) is 48.4 Å². The van der Waals surface area contributed by atoms with Crippen LogP contribution in [0.2, 0.25) is 0 Å². The van der Waals surface area contributed by atoms with Crippen molar-refractivity contribution in [3.05, 3.63) is 35.4 Å². The zero-order valence-corrected chi connectivity index (χ0v) is 18.9. The topological polar surface area (TPSA) is 79.0 Å². The summed E-state index contributed by atoms with van der Waals surface area (Å²) >= 11 is 0. The van der Waals surface area contributed by atoms with Crippen LogP contribution in [0.3, 0.4) is 0 Å². The largest absolute Gasteiger partial charge is 0.376 e. The predicted octanol–water partition coefficient (Wildman–Crippen LogP) is 3.02. The standard InChI is InChI=1S/C24H31F2N3O4/c1-2-9-24(22(31)29(23(32)27-24)15-19-4-3-12-33-19)17-7-10-28(11-8-17)21(30)14-16-13-18(25)5-6-20(16)26/h5-6,13,17,19H,2-4,7-12,14-15H2,1H3,(H,27,32)/t19-,24-/m0/s1. The molecule has 0 saturated carbocycles. The second kappa shape index (κ2) is 9.75. The SMILES string of the molecule is CCC[C@@]1(C2CCN(C(=O)Cc3cc(F)ccc3F)CC2)NC(=O)N(C[C@@H]2CCCO2)C1=O. The summed E-state index contributed by atoms with van der Waals surface area (Å²) in [7, 11) is 0. The lowest BCUT2D eigenvalue weighted by atomic mass is 9.74. The van der Waals surface area contributed by atoms with Crippen LogP contribution in [0.25, 0.3) is 0 Å². The summed E-state index contributed by atoms with van der Waals surface area (Å²) in [5.41, 5.74) is -0.929. The Bertz CT molecular complexity index is 913. The molecule has 4 rings (SSSR count). The lowest BCUT2D eigenvalue weighted by molar-refractivity contribution is -0.136. The van der Waals surface area contributed by atoms with Gasteiger partial charge in [0.25, 0.3) is 5.91 Å². The van der Waals surface area contributed by atoms with Crippen molar-refractivity contribution in [2.24, 2.45) is 5.92 Å². The maximum atomic E-state index is 13.9. The summed E-state index contributed by atoms with van der Waals surface area (Å²) < 4.78 is 33.0. The van der Waals surface area contributed by atoms with E-state index in [1.54, 1.807) is 4.90 Å². The van der Waals surface area contributed by atoms with Crippen molar-refractivity contribution in [2.75, 3.05) is 26.2 Å². The number of rotatable bonds is 7. The number of halogens is 2. The molecule has 1 N–H and O–H groups in total. The quantitative estimate of drug-likeness (QED) is 0.631. The summed E-state index contributed by atoms with van der Waals surface area (Å²) in [5.74, 6) is -1.76. The van der Waals surface area contributed by atoms with Crippen LogP contribution in [0, 0.1) is 17.6 Å². The lowest BCUT2D eigenvalue weighted by Gasteiger charge is -2.41. The molecule has 9 heteroatoms. The fourth-order valence-electron chi connectivity index (χ4n) is 5.42. The number of carbonyl (C=O) groups excluding carboxylic acids is 3. The van der Waals surface area contributed by atoms with Crippen molar-refractivity contribution in [1.82, 2.24) is 15.1 Å². The van der Waals surface area contributed by atoms with Crippen LogP contribution >= 0.6 is 0 Å². The van der Waals surface area contributed by atoms with E-state index in [0.717, 1.165) is 37.5 Å². The van der Waals surface area contributed by atoms with Gasteiger partial charge in [0.05, 0.1) is 19.1 Å². The summed E-state index contributed by atoms with van der Waals surface area (Å²) in [6.45, 7) is 3.71. The highest BCUT2D eigenvalue weighted by Gasteiger charge is 2.55. The molecule has 3 aliphatic heterocycles. The van der Waals surface area contributed by atoms with Crippen LogP contribution in [0.15, 0.2) is 18.2 Å². The van der Waals surface area contributed by atoms with Crippen LogP contribution in [-0.2, 0) is 20.7 Å². The number of imide groups is 1. The van der Waals surface area contributed by atoms with Crippen molar-refractivity contribution < 1.29 is 27.9 Å². The maximum Gasteiger partial charge on any atom is 0.325 e. The lowest BCUT2D eigenvalue weighted by Crippen LogP contribution is -2.56. The Kier molecular flexibility index (Phi) is 6.97. The number of ether oxygens (including phenoxy) is 1. The van der Waals surface area contributed by atoms with Gasteiger partial charge < -0.3 is 15.0 Å². The number of nitrogens with one attached hydrogen (secondary N) is 1. The van der Waals surface area contributed by atoms with Crippen LogP contribution < -0.4 is 5.32 Å². The summed E-state index contributed by atoms with van der Waals surface area (Å²) in [4.78, 5) is 41.9. The van der Waals surface area contributed by atoms with Crippen molar-refractivity contribution >= 4 is 17.8 Å². The number of carbonyl (C=O) groups is 3. The second-order valence-electron chi connectivity index (χ2n) is 9.27. The minimum absolute atomic E-state index is 0.0348. The van der Waals surface area contributed by atoms with E-state index >= 15 is 0 Å². The average Bonchev–Trinajstić information content (AvgIpc) is 3.40. The molecule has 3 heterocycles. The minimum Gasteiger partial charge on any atom is -0.376 e. The van der Waals surface area contributed by atoms with Crippen molar-refractivity contribution in [2.45, 2.75) is 63.5 Å². The summed E-state index contributed by atoms with van der Waals surface area (Å²) in [6, 6.07) is 2.72. The highest BCUT2D eigenvalue weighted by Crippen LogP contribution is 2.37. The molecule has 4 amide bonds. The van der Waals surface area contributed by atoms with Gasteiger partial charge >= 0.3 is 6.03 Å². The monoisotopic (exact) mass is 463 g/mol. The molecule has 3 aliphatic rings. The fraction of sp³-hybridized carbons (Fsp3) is 0.625. The molecule has 3 saturated heterocycles. The molecular formula is C24H31F2N3O4. The predicted molar refractivity (Wildman–Crippen MR) is 116 cm³/mol. The first-order chi connectivity index (χ1) is 15.8. The van der Waals surface area contributed by atoms with E-state index in [1.165, 1.54) is 4.90 Å². The van der Waals surface area contributed by atoms with Gasteiger partial charge in [-0.1, -0.05) is 13.3 Å². The molecule has 2 atom stereocenters. The van der Waals surface area contributed by atoms with Gasteiger partial charge in [0, 0.05) is 25.3 Å². The van der Waals surface area contributed by atoms with Gasteiger partial charge in [-0.2, -0.15) is 0 Å². The van der Waals surface area contributed by atoms with Gasteiger partial charge in [-0.3, -0.25) is 14.5 Å². The number of amides is 4. The number of hydrogen-bond acceptors (Lipinski definition) is 4. The Labute approximate surface area is 192 Å². The third-order valence-electron chi connectivity index (χ3n) is 7.15. The first-order valence-electron chi connectivity index (χ1n) is 11.8. The van der Waals surface area contributed by atoms with Crippen LogP contribution in [-0.4, -0.2) is 65.5 Å². The van der Waals surface area contributed by atoms with Gasteiger partial charge in [-0.15, -0.1) is 0 Å². The number of nitrogens with zero attached hydrogens (tertiary/aromatic N) is 2. The molecule has 33 heavy (non-hydrogen) atoms. The molecule has 0 bridgehead atoms. The molecule has 0 aromatic heterocycles.